The minimum atomic E-state index is 0.0155. The fourth-order valence-corrected chi connectivity index (χ4v) is 12.5. The number of thiophene rings is 1. The fraction of sp³-hybridized carbons (Fsp3) is 0.300. The van der Waals surface area contributed by atoms with E-state index in [1.54, 1.807) is 0 Å². The Balaban J connectivity index is 1.34. The molecule has 0 radical (unpaired) electrons. The Morgan fingerprint density at radius 1 is 0.500 bits per heavy atom. The normalized spacial score (nSPS) is 16.2. The highest BCUT2D eigenvalue weighted by molar-refractivity contribution is 7.26. The second-order valence-electron chi connectivity index (χ2n) is 22.6. The molecule has 0 saturated heterocycles. The molecule has 3 heterocycles. The van der Waals surface area contributed by atoms with Gasteiger partial charge in [0.05, 0.1) is 5.69 Å². The van der Waals surface area contributed by atoms with E-state index >= 15 is 0 Å². The molecule has 320 valence electrons. The van der Waals surface area contributed by atoms with Crippen molar-refractivity contribution in [3.63, 3.8) is 0 Å². The van der Waals surface area contributed by atoms with Crippen molar-refractivity contribution in [2.75, 3.05) is 9.80 Å². The van der Waals surface area contributed by atoms with Gasteiger partial charge >= 0.3 is 0 Å². The molecule has 1 aliphatic carbocycles. The molecule has 4 heteroatoms. The first kappa shape index (κ1) is 41.2. The molecule has 7 aromatic carbocycles. The molecule has 11 rings (SSSR count). The zero-order valence-corrected chi connectivity index (χ0v) is 40.7. The average molecular weight is 853 g/mol. The van der Waals surface area contributed by atoms with E-state index in [-0.39, 0.29) is 28.4 Å². The van der Waals surface area contributed by atoms with E-state index in [4.69, 9.17) is 0 Å². The van der Waals surface area contributed by atoms with Crippen molar-refractivity contribution in [2.45, 2.75) is 118 Å². The van der Waals surface area contributed by atoms with E-state index in [9.17, 15) is 0 Å². The molecular formula is C60H61BN2S. The molecule has 0 bridgehead atoms. The third-order valence-electron chi connectivity index (χ3n) is 15.3. The van der Waals surface area contributed by atoms with Crippen molar-refractivity contribution >= 4 is 88.7 Å². The lowest BCUT2D eigenvalue weighted by Gasteiger charge is -2.48. The van der Waals surface area contributed by atoms with Crippen LogP contribution in [0.1, 0.15) is 115 Å². The summed E-state index contributed by atoms with van der Waals surface area (Å²) < 4.78 is 2.68. The minimum absolute atomic E-state index is 0.0155. The van der Waals surface area contributed by atoms with Crippen LogP contribution in [-0.2, 0) is 21.7 Å². The van der Waals surface area contributed by atoms with Crippen LogP contribution >= 0.6 is 11.3 Å². The third-order valence-corrected chi connectivity index (χ3v) is 16.4. The molecule has 2 aliphatic heterocycles. The second-order valence-corrected chi connectivity index (χ2v) is 23.7. The zero-order chi connectivity index (χ0) is 44.8. The first-order valence-electron chi connectivity index (χ1n) is 23.5. The summed E-state index contributed by atoms with van der Waals surface area (Å²) in [6.07, 6.45) is 2.34. The monoisotopic (exact) mass is 852 g/mol. The van der Waals surface area contributed by atoms with Crippen LogP contribution in [0.4, 0.5) is 34.1 Å². The van der Waals surface area contributed by atoms with Gasteiger partial charge in [-0.25, -0.2) is 0 Å². The van der Waals surface area contributed by atoms with Gasteiger partial charge in [-0.05, 0) is 158 Å². The van der Waals surface area contributed by atoms with Crippen molar-refractivity contribution in [2.24, 2.45) is 0 Å². The van der Waals surface area contributed by atoms with Gasteiger partial charge in [-0.1, -0.05) is 148 Å². The minimum Gasteiger partial charge on any atom is -0.311 e. The SMILES string of the molecule is Cc1cc(C(C)(C)C)ccc1N1c2cc3c(cc2B2c4ccc5sc6ccc(C(C)(C)C)cc6c5c4N(c4ccccc4C)c4cc(-c5ccccc5)cc1c42)C(C)(C)CCC3(C)C. The molecule has 0 unspecified atom stereocenters. The topological polar surface area (TPSA) is 6.48 Å². The van der Waals surface area contributed by atoms with E-state index in [0.717, 1.165) is 0 Å². The van der Waals surface area contributed by atoms with Gasteiger partial charge in [-0.3, -0.25) is 0 Å². The lowest BCUT2D eigenvalue weighted by atomic mass is 9.33. The van der Waals surface area contributed by atoms with Crippen LogP contribution in [0.2, 0.25) is 0 Å². The summed E-state index contributed by atoms with van der Waals surface area (Å²) in [6, 6.07) is 49.9. The van der Waals surface area contributed by atoms with Crippen LogP contribution in [0.25, 0.3) is 31.3 Å². The van der Waals surface area contributed by atoms with E-state index in [1.807, 2.05) is 11.3 Å². The van der Waals surface area contributed by atoms with Crippen LogP contribution in [0.3, 0.4) is 0 Å². The third kappa shape index (κ3) is 6.18. The highest BCUT2D eigenvalue weighted by Crippen LogP contribution is 2.53. The van der Waals surface area contributed by atoms with Crippen molar-refractivity contribution in [3.05, 3.63) is 161 Å². The molecule has 0 amide bonds. The van der Waals surface area contributed by atoms with Gasteiger partial charge in [0.2, 0.25) is 0 Å². The Labute approximate surface area is 386 Å². The van der Waals surface area contributed by atoms with Gasteiger partial charge in [0.1, 0.15) is 0 Å². The summed E-state index contributed by atoms with van der Waals surface area (Å²) >= 11 is 1.93. The molecule has 0 spiro atoms. The molecule has 3 aliphatic rings. The van der Waals surface area contributed by atoms with Crippen LogP contribution in [0.15, 0.2) is 127 Å². The van der Waals surface area contributed by atoms with Crippen molar-refractivity contribution < 1.29 is 0 Å². The second kappa shape index (κ2) is 14.0. The quantitative estimate of drug-likeness (QED) is 0.163. The molecule has 0 saturated carbocycles. The molecule has 1 aromatic heterocycles. The number of anilines is 6. The highest BCUT2D eigenvalue weighted by atomic mass is 32.1. The lowest BCUT2D eigenvalue weighted by molar-refractivity contribution is 0.332. The number of hydrogen-bond acceptors (Lipinski definition) is 3. The van der Waals surface area contributed by atoms with Crippen molar-refractivity contribution in [3.8, 4) is 11.1 Å². The summed E-state index contributed by atoms with van der Waals surface area (Å²) in [7, 11) is 0. The van der Waals surface area contributed by atoms with Gasteiger partial charge in [-0.15, -0.1) is 11.3 Å². The van der Waals surface area contributed by atoms with Gasteiger partial charge in [0.25, 0.3) is 6.71 Å². The van der Waals surface area contributed by atoms with Crippen molar-refractivity contribution in [1.82, 2.24) is 0 Å². The Morgan fingerprint density at radius 2 is 1.09 bits per heavy atom. The largest absolute Gasteiger partial charge is 0.311 e. The summed E-state index contributed by atoms with van der Waals surface area (Å²) in [5, 5.41) is 2.72. The van der Waals surface area contributed by atoms with Crippen LogP contribution in [0, 0.1) is 13.8 Å². The van der Waals surface area contributed by atoms with E-state index < -0.39 is 0 Å². The maximum Gasteiger partial charge on any atom is 0.252 e. The Kier molecular flexibility index (Phi) is 8.98. The number of fused-ring (bicyclic) bond motifs is 9. The molecule has 8 aromatic rings. The molecule has 0 fully saturated rings. The van der Waals surface area contributed by atoms with Gasteiger partial charge in [0, 0.05) is 48.6 Å². The van der Waals surface area contributed by atoms with E-state index in [0.29, 0.717) is 0 Å². The molecule has 0 N–H and O–H groups in total. The maximum absolute atomic E-state index is 2.68. The number of aryl methyl sites for hydroxylation is 2. The van der Waals surface area contributed by atoms with Crippen LogP contribution < -0.4 is 26.2 Å². The standard InChI is InChI=1S/C60H61BN2S/c1-36-18-16-17-21-47(36)63-51-32-39(38-19-14-13-15-20-38)31-50-55(51)61(45-24-27-53-54(56(45)63)42-33-41(58(6,7)8)23-26-52(42)64-53)46-34-43-44(60(11,12)29-28-59(43,9)10)35-49(46)62(50)48-25-22-40(30-37(48)2)57(3,4)5/h13-27,30-35H,28-29H2,1-12H3. The zero-order valence-electron chi connectivity index (χ0n) is 39.9. The Morgan fingerprint density at radius 3 is 1.77 bits per heavy atom. The Hall–Kier alpha value is -5.58. The van der Waals surface area contributed by atoms with Crippen LogP contribution in [-0.4, -0.2) is 6.71 Å². The van der Waals surface area contributed by atoms with Gasteiger partial charge in [-0.2, -0.15) is 0 Å². The molecule has 64 heavy (non-hydrogen) atoms. The number of para-hydroxylation sites is 1. The van der Waals surface area contributed by atoms with E-state index in [1.165, 1.54) is 128 Å². The summed E-state index contributed by atoms with van der Waals surface area (Å²) in [6.45, 7) is 28.6. The fourth-order valence-electron chi connectivity index (χ4n) is 11.4. The first-order chi connectivity index (χ1) is 30.3. The predicted molar refractivity (Wildman–Crippen MR) is 281 cm³/mol. The summed E-state index contributed by atoms with van der Waals surface area (Å²) in [4.78, 5) is 5.35. The first-order valence-corrected chi connectivity index (χ1v) is 24.3. The molecular weight excluding hydrogens is 792 g/mol. The van der Waals surface area contributed by atoms with Crippen LogP contribution in [0.5, 0.6) is 0 Å². The molecule has 2 nitrogen and oxygen atoms in total. The number of nitrogens with zero attached hydrogens (tertiary/aromatic N) is 2. The van der Waals surface area contributed by atoms with Gasteiger partial charge in [0.15, 0.2) is 0 Å². The van der Waals surface area contributed by atoms with E-state index in [2.05, 4.69) is 220 Å². The predicted octanol–water partition coefficient (Wildman–Crippen LogP) is 15.4. The maximum atomic E-state index is 2.68. The Bertz CT molecular complexity index is 3230. The smallest absolute Gasteiger partial charge is 0.252 e. The highest BCUT2D eigenvalue weighted by Gasteiger charge is 2.47. The summed E-state index contributed by atoms with van der Waals surface area (Å²) in [5.41, 5.74) is 22.7. The summed E-state index contributed by atoms with van der Waals surface area (Å²) in [5.74, 6) is 0. The van der Waals surface area contributed by atoms with Crippen molar-refractivity contribution in [1.29, 1.82) is 0 Å². The van der Waals surface area contributed by atoms with Gasteiger partial charge < -0.3 is 9.80 Å². The number of rotatable bonds is 3. The molecule has 0 atom stereocenters. The average Bonchev–Trinajstić information content (AvgIpc) is 3.63. The number of hydrogen-bond donors (Lipinski definition) is 0. The number of benzene rings is 7. The lowest BCUT2D eigenvalue weighted by Crippen LogP contribution is -2.62.